The summed E-state index contributed by atoms with van der Waals surface area (Å²) in [6.45, 7) is 4.16. The number of para-hydroxylation sites is 1. The summed E-state index contributed by atoms with van der Waals surface area (Å²) < 4.78 is 1.47. The highest BCUT2D eigenvalue weighted by Crippen LogP contribution is 2.07. The summed E-state index contributed by atoms with van der Waals surface area (Å²) in [5.41, 5.74) is 0.494. The summed E-state index contributed by atoms with van der Waals surface area (Å²) in [7, 11) is 0. The number of carboxylic acid groups (broad SMARTS) is 1. The minimum atomic E-state index is -1.03. The molecule has 1 aromatic heterocycles. The highest BCUT2D eigenvalue weighted by molar-refractivity contribution is 5.83. The van der Waals surface area contributed by atoms with E-state index in [0.717, 1.165) is 0 Å². The van der Waals surface area contributed by atoms with E-state index in [4.69, 9.17) is 5.11 Å². The first-order valence-corrected chi connectivity index (χ1v) is 8.35. The molecule has 0 bridgehead atoms. The summed E-state index contributed by atoms with van der Waals surface area (Å²) in [6, 6.07) is 6.22. The van der Waals surface area contributed by atoms with Crippen molar-refractivity contribution < 1.29 is 14.7 Å². The van der Waals surface area contributed by atoms with Crippen LogP contribution in [0, 0.1) is 5.92 Å². The quantitative estimate of drug-likeness (QED) is 0.759. The van der Waals surface area contributed by atoms with Crippen LogP contribution in [0.15, 0.2) is 35.4 Å². The fourth-order valence-electron chi connectivity index (χ4n) is 2.63. The summed E-state index contributed by atoms with van der Waals surface area (Å²) in [5.74, 6) is -1.18. The van der Waals surface area contributed by atoms with Gasteiger partial charge in [0, 0.05) is 13.0 Å². The number of aliphatic carboxylic acids is 1. The number of amides is 1. The molecule has 2 rings (SSSR count). The second-order valence-electron chi connectivity index (χ2n) is 6.45. The maximum atomic E-state index is 12.3. The zero-order valence-electron chi connectivity index (χ0n) is 14.4. The van der Waals surface area contributed by atoms with Gasteiger partial charge in [0.15, 0.2) is 0 Å². The van der Waals surface area contributed by atoms with E-state index < -0.39 is 12.0 Å². The largest absolute Gasteiger partial charge is 0.480 e. The summed E-state index contributed by atoms with van der Waals surface area (Å²) in [5, 5.41) is 12.2. The number of aryl methyl sites for hydroxylation is 1. The van der Waals surface area contributed by atoms with Crippen molar-refractivity contribution in [2.24, 2.45) is 5.92 Å². The Labute approximate surface area is 145 Å². The molecule has 0 aliphatic heterocycles. The maximum absolute atomic E-state index is 12.3. The number of hydrogen-bond acceptors (Lipinski definition) is 4. The van der Waals surface area contributed by atoms with E-state index in [1.54, 1.807) is 18.2 Å². The van der Waals surface area contributed by atoms with Gasteiger partial charge in [-0.15, -0.1) is 0 Å². The van der Waals surface area contributed by atoms with E-state index in [2.05, 4.69) is 10.3 Å². The molecule has 2 aromatic rings. The molecule has 0 aliphatic rings. The Morgan fingerprint density at radius 1 is 1.28 bits per heavy atom. The average Bonchev–Trinajstić information content (AvgIpc) is 2.56. The summed E-state index contributed by atoms with van der Waals surface area (Å²) >= 11 is 0. The first kappa shape index (κ1) is 18.6. The van der Waals surface area contributed by atoms with Crippen molar-refractivity contribution in [2.45, 2.75) is 45.7 Å². The average molecular weight is 345 g/mol. The molecular weight excluding hydrogens is 322 g/mol. The Morgan fingerprint density at radius 2 is 2.00 bits per heavy atom. The number of hydrogen-bond donors (Lipinski definition) is 2. The third-order valence-electron chi connectivity index (χ3n) is 3.87. The van der Waals surface area contributed by atoms with Crippen molar-refractivity contribution in [1.29, 1.82) is 0 Å². The molecule has 0 saturated heterocycles. The van der Waals surface area contributed by atoms with Crippen LogP contribution in [0.2, 0.25) is 0 Å². The number of benzene rings is 1. The van der Waals surface area contributed by atoms with E-state index in [1.807, 2.05) is 19.9 Å². The fraction of sp³-hybridized carbons (Fsp3) is 0.444. The Morgan fingerprint density at radius 3 is 2.68 bits per heavy atom. The molecule has 0 saturated carbocycles. The number of aromatic nitrogens is 2. The summed E-state index contributed by atoms with van der Waals surface area (Å²) in [4.78, 5) is 39.7. The van der Waals surface area contributed by atoms with Gasteiger partial charge in [-0.2, -0.15) is 0 Å². The molecule has 1 amide bonds. The van der Waals surface area contributed by atoms with Gasteiger partial charge >= 0.3 is 5.97 Å². The number of carboxylic acids is 1. The standard InChI is InChI=1S/C18H23N3O4/c1-12(2)10-15(18(24)25)20-16(22)8-5-9-21-11-19-14-7-4-3-6-13(14)17(21)23/h3-4,6-7,11-12,15H,5,8-10H2,1-2H3,(H,20,22)(H,24,25)/t15-/m0/s1. The van der Waals surface area contributed by atoms with Gasteiger partial charge < -0.3 is 10.4 Å². The molecule has 1 heterocycles. The van der Waals surface area contributed by atoms with Crippen LogP contribution < -0.4 is 10.9 Å². The molecular formula is C18H23N3O4. The number of carbonyl (C=O) groups excluding carboxylic acids is 1. The highest BCUT2D eigenvalue weighted by Gasteiger charge is 2.20. The molecule has 0 unspecified atom stereocenters. The number of nitrogens with one attached hydrogen (secondary N) is 1. The van der Waals surface area contributed by atoms with Gasteiger partial charge in [0.05, 0.1) is 17.2 Å². The number of nitrogens with zero attached hydrogens (tertiary/aromatic N) is 2. The maximum Gasteiger partial charge on any atom is 0.326 e. The molecule has 0 radical (unpaired) electrons. The van der Waals surface area contributed by atoms with Gasteiger partial charge in [0.2, 0.25) is 5.91 Å². The van der Waals surface area contributed by atoms with Gasteiger partial charge in [0.1, 0.15) is 6.04 Å². The molecule has 0 aliphatic carbocycles. The first-order chi connectivity index (χ1) is 11.9. The molecule has 2 N–H and O–H groups in total. The lowest BCUT2D eigenvalue weighted by atomic mass is 10.0. The molecule has 0 spiro atoms. The zero-order valence-corrected chi connectivity index (χ0v) is 14.4. The third kappa shape index (κ3) is 5.14. The monoisotopic (exact) mass is 345 g/mol. The van der Waals surface area contributed by atoms with Gasteiger partial charge in [-0.25, -0.2) is 9.78 Å². The second kappa shape index (κ2) is 8.41. The molecule has 1 atom stereocenters. The van der Waals surface area contributed by atoms with E-state index in [1.165, 1.54) is 10.9 Å². The minimum absolute atomic E-state index is 0.144. The first-order valence-electron chi connectivity index (χ1n) is 8.35. The minimum Gasteiger partial charge on any atom is -0.480 e. The lowest BCUT2D eigenvalue weighted by Crippen LogP contribution is -2.41. The third-order valence-corrected chi connectivity index (χ3v) is 3.87. The van der Waals surface area contributed by atoms with Crippen LogP contribution in [0.1, 0.15) is 33.1 Å². The predicted octanol–water partition coefficient (Wildman–Crippen LogP) is 1.79. The van der Waals surface area contributed by atoms with Crippen LogP contribution in [-0.2, 0) is 16.1 Å². The Kier molecular flexibility index (Phi) is 6.27. The zero-order chi connectivity index (χ0) is 18.4. The lowest BCUT2D eigenvalue weighted by molar-refractivity contribution is -0.142. The Bertz CT molecular complexity index is 813. The molecule has 1 aromatic carbocycles. The Balaban J connectivity index is 1.92. The van der Waals surface area contributed by atoms with E-state index in [0.29, 0.717) is 30.3 Å². The van der Waals surface area contributed by atoms with Crippen molar-refractivity contribution >= 4 is 22.8 Å². The lowest BCUT2D eigenvalue weighted by Gasteiger charge is -2.16. The second-order valence-corrected chi connectivity index (χ2v) is 6.45. The molecule has 25 heavy (non-hydrogen) atoms. The van der Waals surface area contributed by atoms with Crippen molar-refractivity contribution in [1.82, 2.24) is 14.9 Å². The van der Waals surface area contributed by atoms with Crippen LogP contribution in [0.25, 0.3) is 10.9 Å². The predicted molar refractivity (Wildman–Crippen MR) is 94.3 cm³/mol. The van der Waals surface area contributed by atoms with Crippen molar-refractivity contribution in [3.05, 3.63) is 40.9 Å². The van der Waals surface area contributed by atoms with Crippen molar-refractivity contribution in [2.75, 3.05) is 0 Å². The number of rotatable bonds is 8. The number of carbonyl (C=O) groups is 2. The van der Waals surface area contributed by atoms with Gasteiger partial charge in [0.25, 0.3) is 5.56 Å². The van der Waals surface area contributed by atoms with Crippen LogP contribution in [0.3, 0.4) is 0 Å². The summed E-state index contributed by atoms with van der Waals surface area (Å²) in [6.07, 6.45) is 2.44. The number of fused-ring (bicyclic) bond motifs is 1. The topological polar surface area (TPSA) is 101 Å². The van der Waals surface area contributed by atoms with E-state index in [-0.39, 0.29) is 23.8 Å². The molecule has 0 fully saturated rings. The van der Waals surface area contributed by atoms with Gasteiger partial charge in [-0.1, -0.05) is 26.0 Å². The Hall–Kier alpha value is -2.70. The van der Waals surface area contributed by atoms with Crippen molar-refractivity contribution in [3.8, 4) is 0 Å². The highest BCUT2D eigenvalue weighted by atomic mass is 16.4. The van der Waals surface area contributed by atoms with Crippen LogP contribution >= 0.6 is 0 Å². The van der Waals surface area contributed by atoms with Crippen LogP contribution in [0.5, 0.6) is 0 Å². The molecule has 134 valence electrons. The normalized spacial score (nSPS) is 12.3. The van der Waals surface area contributed by atoms with Gasteiger partial charge in [-0.3, -0.25) is 14.2 Å². The van der Waals surface area contributed by atoms with Crippen LogP contribution in [-0.4, -0.2) is 32.6 Å². The fourth-order valence-corrected chi connectivity index (χ4v) is 2.63. The van der Waals surface area contributed by atoms with E-state index >= 15 is 0 Å². The van der Waals surface area contributed by atoms with E-state index in [9.17, 15) is 14.4 Å². The molecule has 7 nitrogen and oxygen atoms in total. The van der Waals surface area contributed by atoms with Gasteiger partial charge in [-0.05, 0) is 30.9 Å². The SMILES string of the molecule is CC(C)C[C@H](NC(=O)CCCn1cnc2ccccc2c1=O)C(=O)O. The van der Waals surface area contributed by atoms with Crippen molar-refractivity contribution in [3.63, 3.8) is 0 Å². The molecule has 7 heteroatoms. The smallest absolute Gasteiger partial charge is 0.326 e. The van der Waals surface area contributed by atoms with Crippen LogP contribution in [0.4, 0.5) is 0 Å².